The van der Waals surface area contributed by atoms with Crippen molar-refractivity contribution in [2.45, 2.75) is 19.0 Å². The monoisotopic (exact) mass is 341 g/mol. The largest absolute Gasteiger partial charge is 0.341 e. The Labute approximate surface area is 146 Å². The fourth-order valence-electron chi connectivity index (χ4n) is 3.33. The van der Waals surface area contributed by atoms with Crippen LogP contribution in [0.2, 0.25) is 0 Å². The lowest BCUT2D eigenvalue weighted by atomic mass is 9.92. The van der Waals surface area contributed by atoms with Gasteiger partial charge >= 0.3 is 0 Å². The molecule has 2 aromatic rings. The molecule has 0 N–H and O–H groups in total. The lowest BCUT2D eigenvalue weighted by Crippen LogP contribution is -2.35. The van der Waals surface area contributed by atoms with Crippen molar-refractivity contribution in [2.75, 3.05) is 14.1 Å². The number of halogens is 1. The third kappa shape index (κ3) is 3.52. The summed E-state index contributed by atoms with van der Waals surface area (Å²) in [6.45, 7) is 0.450. The van der Waals surface area contributed by atoms with Crippen molar-refractivity contribution in [1.29, 1.82) is 0 Å². The van der Waals surface area contributed by atoms with Crippen LogP contribution in [0.15, 0.2) is 48.8 Å². The van der Waals surface area contributed by atoms with Gasteiger partial charge in [-0.25, -0.2) is 4.39 Å². The van der Waals surface area contributed by atoms with Gasteiger partial charge in [0.25, 0.3) is 0 Å². The molecule has 3 rings (SSSR count). The van der Waals surface area contributed by atoms with Gasteiger partial charge in [0, 0.05) is 39.5 Å². The predicted molar refractivity (Wildman–Crippen MR) is 90.7 cm³/mol. The van der Waals surface area contributed by atoms with Gasteiger partial charge in [-0.15, -0.1) is 0 Å². The van der Waals surface area contributed by atoms with Crippen LogP contribution in [0, 0.1) is 11.7 Å². The minimum atomic E-state index is -0.477. The Kier molecular flexibility index (Phi) is 4.79. The van der Waals surface area contributed by atoms with Gasteiger partial charge in [-0.2, -0.15) is 0 Å². The number of likely N-dealkylation sites (tertiary alicyclic amines) is 1. The quantitative estimate of drug-likeness (QED) is 0.858. The first-order valence-corrected chi connectivity index (χ1v) is 8.12. The highest BCUT2D eigenvalue weighted by Crippen LogP contribution is 2.38. The SMILES string of the molecule is CN(Cc1ccncc1)C(=O)[C@H]1CC(=O)N(C)[C@H]1c1ccc(F)cc1. The Morgan fingerprint density at radius 2 is 1.88 bits per heavy atom. The molecule has 2 amide bonds. The molecular weight excluding hydrogens is 321 g/mol. The summed E-state index contributed by atoms with van der Waals surface area (Å²) in [7, 11) is 3.42. The van der Waals surface area contributed by atoms with Crippen LogP contribution >= 0.6 is 0 Å². The molecule has 0 saturated carbocycles. The van der Waals surface area contributed by atoms with Crippen molar-refractivity contribution in [3.63, 3.8) is 0 Å². The van der Waals surface area contributed by atoms with E-state index in [1.54, 1.807) is 48.4 Å². The molecule has 130 valence electrons. The Balaban J connectivity index is 1.81. The van der Waals surface area contributed by atoms with Crippen molar-refractivity contribution >= 4 is 11.8 Å². The van der Waals surface area contributed by atoms with Gasteiger partial charge in [-0.05, 0) is 35.4 Å². The average molecular weight is 341 g/mol. The number of pyridine rings is 1. The van der Waals surface area contributed by atoms with Crippen molar-refractivity contribution in [1.82, 2.24) is 14.8 Å². The number of hydrogen-bond acceptors (Lipinski definition) is 3. The molecule has 0 unspecified atom stereocenters. The maximum atomic E-state index is 13.2. The lowest BCUT2D eigenvalue weighted by molar-refractivity contribution is -0.135. The summed E-state index contributed by atoms with van der Waals surface area (Å²) in [4.78, 5) is 32.3. The summed E-state index contributed by atoms with van der Waals surface area (Å²) in [6, 6.07) is 9.32. The summed E-state index contributed by atoms with van der Waals surface area (Å²) in [6.07, 6.45) is 3.53. The molecule has 1 aromatic carbocycles. The molecule has 0 radical (unpaired) electrons. The number of carbonyl (C=O) groups excluding carboxylic acids is 2. The van der Waals surface area contributed by atoms with Crippen molar-refractivity contribution in [2.24, 2.45) is 5.92 Å². The highest BCUT2D eigenvalue weighted by molar-refractivity contribution is 5.90. The number of carbonyl (C=O) groups is 2. The molecule has 6 heteroatoms. The molecule has 1 aromatic heterocycles. The molecule has 1 aliphatic heterocycles. The zero-order valence-electron chi connectivity index (χ0n) is 14.2. The van der Waals surface area contributed by atoms with Crippen molar-refractivity contribution in [3.8, 4) is 0 Å². The van der Waals surface area contributed by atoms with E-state index in [-0.39, 0.29) is 30.1 Å². The summed E-state index contributed by atoms with van der Waals surface area (Å²) >= 11 is 0. The molecule has 2 heterocycles. The fraction of sp³-hybridized carbons (Fsp3) is 0.316. The van der Waals surface area contributed by atoms with Gasteiger partial charge in [0.05, 0.1) is 12.0 Å². The summed E-state index contributed by atoms with van der Waals surface area (Å²) < 4.78 is 13.2. The summed E-state index contributed by atoms with van der Waals surface area (Å²) in [5, 5.41) is 0. The first-order valence-electron chi connectivity index (χ1n) is 8.12. The van der Waals surface area contributed by atoms with Crippen LogP contribution < -0.4 is 0 Å². The molecule has 2 atom stereocenters. The maximum absolute atomic E-state index is 13.2. The highest BCUT2D eigenvalue weighted by Gasteiger charge is 2.43. The first-order chi connectivity index (χ1) is 12.0. The molecule has 25 heavy (non-hydrogen) atoms. The van der Waals surface area contributed by atoms with E-state index in [9.17, 15) is 14.0 Å². The second-order valence-corrected chi connectivity index (χ2v) is 6.36. The van der Waals surface area contributed by atoms with Crippen LogP contribution in [0.25, 0.3) is 0 Å². The zero-order chi connectivity index (χ0) is 18.0. The Morgan fingerprint density at radius 3 is 2.52 bits per heavy atom. The van der Waals surface area contributed by atoms with Crippen molar-refractivity contribution < 1.29 is 14.0 Å². The van der Waals surface area contributed by atoms with E-state index < -0.39 is 5.92 Å². The Hall–Kier alpha value is -2.76. The summed E-state index contributed by atoms with van der Waals surface area (Å²) in [5.41, 5.74) is 1.74. The van der Waals surface area contributed by atoms with E-state index in [4.69, 9.17) is 0 Å². The first kappa shape index (κ1) is 17.1. The van der Waals surface area contributed by atoms with Gasteiger partial charge in [0.2, 0.25) is 11.8 Å². The van der Waals surface area contributed by atoms with E-state index in [2.05, 4.69) is 4.98 Å². The molecule has 0 spiro atoms. The van der Waals surface area contributed by atoms with Crippen LogP contribution in [0.3, 0.4) is 0 Å². The average Bonchev–Trinajstić information content (AvgIpc) is 2.91. The molecule has 5 nitrogen and oxygen atoms in total. The molecule has 1 fully saturated rings. The number of amides is 2. The maximum Gasteiger partial charge on any atom is 0.228 e. The van der Waals surface area contributed by atoms with Crippen LogP contribution in [-0.2, 0) is 16.1 Å². The van der Waals surface area contributed by atoms with Gasteiger partial charge in [0.1, 0.15) is 5.82 Å². The van der Waals surface area contributed by atoms with Crippen LogP contribution in [0.4, 0.5) is 4.39 Å². The third-order valence-electron chi connectivity index (χ3n) is 4.66. The van der Waals surface area contributed by atoms with E-state index in [0.29, 0.717) is 6.54 Å². The van der Waals surface area contributed by atoms with Crippen LogP contribution in [0.5, 0.6) is 0 Å². The molecule has 1 saturated heterocycles. The predicted octanol–water partition coefficient (Wildman–Crippen LogP) is 2.40. The minimum Gasteiger partial charge on any atom is -0.341 e. The van der Waals surface area contributed by atoms with Gasteiger partial charge < -0.3 is 9.80 Å². The number of aromatic nitrogens is 1. The van der Waals surface area contributed by atoms with E-state index in [1.165, 1.54) is 12.1 Å². The molecule has 1 aliphatic rings. The fourth-order valence-corrected chi connectivity index (χ4v) is 3.33. The second kappa shape index (κ2) is 7.01. The Bertz CT molecular complexity index is 764. The number of nitrogens with zero attached hydrogens (tertiary/aromatic N) is 3. The van der Waals surface area contributed by atoms with E-state index >= 15 is 0 Å². The van der Waals surface area contributed by atoms with Crippen molar-refractivity contribution in [3.05, 3.63) is 65.7 Å². The highest BCUT2D eigenvalue weighted by atomic mass is 19.1. The van der Waals surface area contributed by atoms with Gasteiger partial charge in [0.15, 0.2) is 0 Å². The minimum absolute atomic E-state index is 0.0787. The van der Waals surface area contributed by atoms with Gasteiger partial charge in [-0.1, -0.05) is 12.1 Å². The molecule has 0 bridgehead atoms. The number of benzene rings is 1. The second-order valence-electron chi connectivity index (χ2n) is 6.36. The normalized spacial score (nSPS) is 20.0. The van der Waals surface area contributed by atoms with Crippen LogP contribution in [0.1, 0.15) is 23.6 Å². The number of rotatable bonds is 4. The standard InChI is InChI=1S/C19H20FN3O2/c1-22(12-13-7-9-21-10-8-13)19(25)16-11-17(24)23(2)18(16)14-3-5-15(20)6-4-14/h3-10,16,18H,11-12H2,1-2H3/t16-,18-/m0/s1. The van der Waals surface area contributed by atoms with Crippen LogP contribution in [-0.4, -0.2) is 40.7 Å². The Morgan fingerprint density at radius 1 is 1.24 bits per heavy atom. The smallest absolute Gasteiger partial charge is 0.228 e. The zero-order valence-corrected chi connectivity index (χ0v) is 14.2. The molecular formula is C19H20FN3O2. The van der Waals surface area contributed by atoms with E-state index in [0.717, 1.165) is 11.1 Å². The third-order valence-corrected chi connectivity index (χ3v) is 4.66. The van der Waals surface area contributed by atoms with Gasteiger partial charge in [-0.3, -0.25) is 14.6 Å². The number of hydrogen-bond donors (Lipinski definition) is 0. The lowest BCUT2D eigenvalue weighted by Gasteiger charge is -2.28. The molecule has 0 aliphatic carbocycles. The topological polar surface area (TPSA) is 53.5 Å². The van der Waals surface area contributed by atoms with E-state index in [1.807, 2.05) is 12.1 Å². The summed E-state index contributed by atoms with van der Waals surface area (Å²) in [5.74, 6) is -0.989.